The lowest BCUT2D eigenvalue weighted by molar-refractivity contribution is -0.274. The van der Waals surface area contributed by atoms with Crippen LogP contribution < -0.4 is 14.5 Å². The zero-order valence-corrected chi connectivity index (χ0v) is 19.9. The van der Waals surface area contributed by atoms with Crippen LogP contribution in [-0.4, -0.2) is 17.9 Å². The molecule has 4 nitrogen and oxygen atoms in total. The standard InChI is InChI=1S/C26H21Cl2F3N2O2/c27-18-6-10-20(11-7-18)32-23(17-4-3-5-22(16-17)35-26(29,30)31)25(14-1-2-15-25)33(24(32)34)21-12-8-19(28)9-13-21/h3-13,16,23H,1-2,14-15H2/t23-/m1/s1. The molecule has 2 aliphatic rings. The number of amides is 2. The quantitative estimate of drug-likeness (QED) is 0.346. The van der Waals surface area contributed by atoms with Gasteiger partial charge < -0.3 is 4.74 Å². The summed E-state index contributed by atoms with van der Waals surface area (Å²) in [6.07, 6.45) is -1.65. The zero-order valence-electron chi connectivity index (χ0n) is 18.4. The number of halogens is 5. The van der Waals surface area contributed by atoms with Crippen molar-refractivity contribution < 1.29 is 22.7 Å². The van der Waals surface area contributed by atoms with E-state index in [4.69, 9.17) is 23.2 Å². The van der Waals surface area contributed by atoms with Crippen LogP contribution >= 0.6 is 23.2 Å². The van der Waals surface area contributed by atoms with Crippen LogP contribution in [0.4, 0.5) is 29.3 Å². The number of benzene rings is 3. The third kappa shape index (κ3) is 4.43. The molecule has 0 radical (unpaired) electrons. The number of hydrogen-bond donors (Lipinski definition) is 0. The highest BCUT2D eigenvalue weighted by molar-refractivity contribution is 6.31. The summed E-state index contributed by atoms with van der Waals surface area (Å²) < 4.78 is 43.2. The van der Waals surface area contributed by atoms with Crippen LogP contribution in [0.2, 0.25) is 10.0 Å². The molecule has 1 saturated heterocycles. The number of nitrogens with zero attached hydrogens (tertiary/aromatic N) is 2. The SMILES string of the molecule is O=C1N(c2ccc(Cl)cc2)[C@H](c2cccc(OC(F)(F)F)c2)C2(CCCC2)N1c1ccc(Cl)cc1. The Hall–Kier alpha value is -2.90. The minimum Gasteiger partial charge on any atom is -0.406 e. The summed E-state index contributed by atoms with van der Waals surface area (Å²) in [5.74, 6) is -0.323. The third-order valence-corrected chi connectivity index (χ3v) is 7.18. The molecule has 0 unspecified atom stereocenters. The zero-order chi connectivity index (χ0) is 24.8. The van der Waals surface area contributed by atoms with Crippen LogP contribution in [0.15, 0.2) is 72.8 Å². The highest BCUT2D eigenvalue weighted by Gasteiger charge is 2.59. The van der Waals surface area contributed by atoms with E-state index in [1.807, 2.05) is 0 Å². The molecule has 0 aromatic heterocycles. The van der Waals surface area contributed by atoms with Crippen molar-refractivity contribution in [1.82, 2.24) is 0 Å². The van der Waals surface area contributed by atoms with Crippen LogP contribution in [-0.2, 0) is 0 Å². The second-order valence-electron chi connectivity index (χ2n) is 8.77. The van der Waals surface area contributed by atoms with Gasteiger partial charge in [0, 0.05) is 21.4 Å². The molecule has 1 aliphatic carbocycles. The molecule has 0 bridgehead atoms. The number of hydrogen-bond acceptors (Lipinski definition) is 2. The molecule has 1 spiro atoms. The number of carbonyl (C=O) groups excluding carboxylic acids is 1. The molecule has 1 atom stereocenters. The van der Waals surface area contributed by atoms with E-state index in [-0.39, 0.29) is 11.8 Å². The van der Waals surface area contributed by atoms with Crippen LogP contribution in [0.1, 0.15) is 37.3 Å². The van der Waals surface area contributed by atoms with Gasteiger partial charge in [0.05, 0.1) is 11.6 Å². The highest BCUT2D eigenvalue weighted by atomic mass is 35.5. The Labute approximate surface area is 210 Å². The van der Waals surface area contributed by atoms with E-state index in [0.717, 1.165) is 12.8 Å². The average molecular weight is 521 g/mol. The van der Waals surface area contributed by atoms with Crippen molar-refractivity contribution in [3.05, 3.63) is 88.4 Å². The monoisotopic (exact) mass is 520 g/mol. The van der Waals surface area contributed by atoms with Gasteiger partial charge in [-0.05, 0) is 79.1 Å². The van der Waals surface area contributed by atoms with Gasteiger partial charge in [-0.1, -0.05) is 48.2 Å². The Bertz CT molecular complexity index is 1230. The largest absolute Gasteiger partial charge is 0.573 e. The van der Waals surface area contributed by atoms with Gasteiger partial charge in [0.15, 0.2) is 0 Å². The Morgan fingerprint density at radius 3 is 2.00 bits per heavy atom. The highest BCUT2D eigenvalue weighted by Crippen LogP contribution is 2.55. The van der Waals surface area contributed by atoms with Gasteiger partial charge in [-0.25, -0.2) is 4.79 Å². The molecule has 2 amide bonds. The lowest BCUT2D eigenvalue weighted by atomic mass is 9.82. The lowest BCUT2D eigenvalue weighted by Gasteiger charge is -2.39. The van der Waals surface area contributed by atoms with Crippen LogP contribution in [0, 0.1) is 0 Å². The van der Waals surface area contributed by atoms with Gasteiger partial charge in [-0.2, -0.15) is 0 Å². The summed E-state index contributed by atoms with van der Waals surface area (Å²) in [7, 11) is 0. The normalized spacial score (nSPS) is 19.6. The minimum atomic E-state index is -4.82. The topological polar surface area (TPSA) is 32.8 Å². The molecule has 182 valence electrons. The number of urea groups is 1. The first-order chi connectivity index (χ1) is 16.7. The number of anilines is 2. The third-order valence-electron chi connectivity index (χ3n) is 6.68. The smallest absolute Gasteiger partial charge is 0.406 e. The van der Waals surface area contributed by atoms with E-state index in [1.165, 1.54) is 18.2 Å². The molecule has 1 heterocycles. The Morgan fingerprint density at radius 2 is 1.43 bits per heavy atom. The van der Waals surface area contributed by atoms with Gasteiger partial charge >= 0.3 is 12.4 Å². The van der Waals surface area contributed by atoms with Gasteiger partial charge in [0.1, 0.15) is 5.75 Å². The fourth-order valence-corrected chi connectivity index (χ4v) is 5.67. The second kappa shape index (κ2) is 8.95. The van der Waals surface area contributed by atoms with E-state index in [2.05, 4.69) is 4.74 Å². The van der Waals surface area contributed by atoms with Crippen molar-refractivity contribution in [3.8, 4) is 5.75 Å². The van der Waals surface area contributed by atoms with Gasteiger partial charge in [0.25, 0.3) is 0 Å². The van der Waals surface area contributed by atoms with Gasteiger partial charge in [-0.15, -0.1) is 13.2 Å². The molecule has 2 fully saturated rings. The van der Waals surface area contributed by atoms with Crippen LogP contribution in [0.3, 0.4) is 0 Å². The lowest BCUT2D eigenvalue weighted by Crippen LogP contribution is -2.46. The maximum Gasteiger partial charge on any atom is 0.573 e. The maximum atomic E-state index is 14.1. The molecule has 1 aliphatic heterocycles. The fraction of sp³-hybridized carbons (Fsp3) is 0.269. The summed E-state index contributed by atoms with van der Waals surface area (Å²) >= 11 is 12.2. The van der Waals surface area contributed by atoms with Crippen molar-refractivity contribution in [2.24, 2.45) is 0 Å². The fourth-order valence-electron chi connectivity index (χ4n) is 5.42. The first kappa shape index (κ1) is 23.8. The summed E-state index contributed by atoms with van der Waals surface area (Å²) in [4.78, 5) is 17.5. The molecule has 3 aromatic carbocycles. The molecular formula is C26H21Cl2F3N2O2. The number of ether oxygens (including phenoxy) is 1. The predicted octanol–water partition coefficient (Wildman–Crippen LogP) is 8.39. The van der Waals surface area contributed by atoms with E-state index < -0.39 is 17.9 Å². The summed E-state index contributed by atoms with van der Waals surface area (Å²) in [5, 5.41) is 1.06. The van der Waals surface area contributed by atoms with E-state index >= 15 is 0 Å². The van der Waals surface area contributed by atoms with Crippen molar-refractivity contribution in [3.63, 3.8) is 0 Å². The molecule has 3 aromatic rings. The molecule has 9 heteroatoms. The molecule has 0 N–H and O–H groups in total. The summed E-state index contributed by atoms with van der Waals surface area (Å²) in [6, 6.07) is 19.0. The van der Waals surface area contributed by atoms with Crippen LogP contribution in [0.25, 0.3) is 0 Å². The van der Waals surface area contributed by atoms with Crippen molar-refractivity contribution >= 4 is 40.6 Å². The summed E-state index contributed by atoms with van der Waals surface area (Å²) in [5.41, 5.74) is 1.19. The minimum absolute atomic E-state index is 0.260. The first-order valence-corrected chi connectivity index (χ1v) is 11.9. The maximum absolute atomic E-state index is 14.1. The molecule has 1 saturated carbocycles. The second-order valence-corrected chi connectivity index (χ2v) is 9.65. The number of carbonyl (C=O) groups is 1. The van der Waals surface area contributed by atoms with Crippen molar-refractivity contribution in [2.45, 2.75) is 43.6 Å². The van der Waals surface area contributed by atoms with E-state index in [1.54, 1.807) is 64.4 Å². The van der Waals surface area contributed by atoms with E-state index in [0.29, 0.717) is 39.8 Å². The van der Waals surface area contributed by atoms with Crippen molar-refractivity contribution in [2.75, 3.05) is 9.80 Å². The summed E-state index contributed by atoms with van der Waals surface area (Å²) in [6.45, 7) is 0. The van der Waals surface area contributed by atoms with Crippen LogP contribution in [0.5, 0.6) is 5.75 Å². The Balaban J connectivity index is 1.69. The molecule has 35 heavy (non-hydrogen) atoms. The van der Waals surface area contributed by atoms with Crippen molar-refractivity contribution in [1.29, 1.82) is 0 Å². The molecular weight excluding hydrogens is 500 g/mol. The predicted molar refractivity (Wildman–Crippen MR) is 130 cm³/mol. The average Bonchev–Trinajstić information content (AvgIpc) is 3.37. The number of alkyl halides is 3. The Morgan fingerprint density at radius 1 is 0.857 bits per heavy atom. The van der Waals surface area contributed by atoms with E-state index in [9.17, 15) is 18.0 Å². The first-order valence-electron chi connectivity index (χ1n) is 11.2. The van der Waals surface area contributed by atoms with Gasteiger partial charge in [0.2, 0.25) is 0 Å². The molecule has 5 rings (SSSR count). The van der Waals surface area contributed by atoms with Gasteiger partial charge in [-0.3, -0.25) is 9.80 Å². The Kier molecular flexibility index (Phi) is 6.09. The number of rotatable bonds is 4.